The first-order valence-electron chi connectivity index (χ1n) is 12.5. The van der Waals surface area contributed by atoms with Gasteiger partial charge in [-0.1, -0.05) is 11.6 Å². The van der Waals surface area contributed by atoms with Gasteiger partial charge in [0.1, 0.15) is 18.5 Å². The Labute approximate surface area is 199 Å². The van der Waals surface area contributed by atoms with E-state index in [0.29, 0.717) is 41.5 Å². The second kappa shape index (κ2) is 9.62. The number of likely N-dealkylation sites (N-methyl/N-ethyl adjacent to an activating group) is 1. The lowest BCUT2D eigenvalue weighted by atomic mass is 9.64. The lowest BCUT2D eigenvalue weighted by molar-refractivity contribution is -0.128. The molecule has 3 atom stereocenters. The minimum atomic E-state index is -0.553. The lowest BCUT2D eigenvalue weighted by Gasteiger charge is -2.36. The van der Waals surface area contributed by atoms with Gasteiger partial charge in [0.25, 0.3) is 0 Å². The van der Waals surface area contributed by atoms with Crippen molar-refractivity contribution in [1.82, 2.24) is 20.0 Å². The minimum absolute atomic E-state index is 0.0599. The molecule has 2 fully saturated rings. The minimum Gasteiger partial charge on any atom is -0.475 e. The van der Waals surface area contributed by atoms with Crippen LogP contribution in [0.3, 0.4) is 0 Å². The fraction of sp³-hybridized carbons (Fsp3) is 0.680. The normalized spacial score (nSPS) is 26.0. The van der Waals surface area contributed by atoms with E-state index in [1.807, 2.05) is 0 Å². The number of likely N-dealkylation sites (tertiary alicyclic amines) is 1. The number of aromatic nitrogens is 3. The number of carbonyl (C=O) groups is 1. The summed E-state index contributed by atoms with van der Waals surface area (Å²) in [6.45, 7) is 3.11. The summed E-state index contributed by atoms with van der Waals surface area (Å²) in [5, 5.41) is 13.6. The molecule has 1 saturated heterocycles. The van der Waals surface area contributed by atoms with E-state index in [9.17, 15) is 9.90 Å². The van der Waals surface area contributed by atoms with E-state index in [2.05, 4.69) is 34.0 Å². The molecule has 34 heavy (non-hydrogen) atoms. The molecule has 0 radical (unpaired) electrons. The number of aliphatic hydroxyl groups is 1. The molecule has 3 aliphatic rings. The van der Waals surface area contributed by atoms with Crippen molar-refractivity contribution in [3.63, 3.8) is 0 Å². The van der Waals surface area contributed by atoms with Crippen molar-refractivity contribution in [1.29, 1.82) is 0 Å². The Balaban J connectivity index is 1.49. The van der Waals surface area contributed by atoms with Gasteiger partial charge in [0, 0.05) is 18.0 Å². The predicted molar refractivity (Wildman–Crippen MR) is 124 cm³/mol. The standard InChI is InChI=1S/C25H34N4O5/c1-16(18-8-6-12-29(18)2)33-21-15-20(32-14-13-30)26-24(27-21)22-17-7-5-11-25(23(17)34-28-22)10-4-3-9-19(25)31/h15-16,18,30H,3-14H2,1-2H3/t16-,18-,25+/m0/s1. The van der Waals surface area contributed by atoms with Crippen LogP contribution in [-0.4, -0.2) is 69.9 Å². The Morgan fingerprint density at radius 2 is 2.03 bits per heavy atom. The number of Topliss-reactive ketones (excluding diaryl/α,β-unsaturated/α-hetero) is 1. The number of hydrogen-bond donors (Lipinski definition) is 1. The molecule has 184 valence electrons. The van der Waals surface area contributed by atoms with Crippen LogP contribution >= 0.6 is 0 Å². The quantitative estimate of drug-likeness (QED) is 0.652. The molecular formula is C25H34N4O5. The van der Waals surface area contributed by atoms with E-state index >= 15 is 0 Å². The maximum Gasteiger partial charge on any atom is 0.221 e. The van der Waals surface area contributed by atoms with Crippen LogP contribution < -0.4 is 9.47 Å². The van der Waals surface area contributed by atoms with E-state index in [4.69, 9.17) is 14.0 Å². The molecule has 9 heteroatoms. The fourth-order valence-corrected chi connectivity index (χ4v) is 5.96. The first kappa shape index (κ1) is 23.2. The number of nitrogens with zero attached hydrogens (tertiary/aromatic N) is 4. The summed E-state index contributed by atoms with van der Waals surface area (Å²) in [6, 6.07) is 1.97. The molecule has 9 nitrogen and oxygen atoms in total. The second-order valence-corrected chi connectivity index (χ2v) is 9.86. The van der Waals surface area contributed by atoms with Crippen molar-refractivity contribution >= 4 is 5.78 Å². The van der Waals surface area contributed by atoms with Gasteiger partial charge in [-0.15, -0.1) is 0 Å². The summed E-state index contributed by atoms with van der Waals surface area (Å²) in [5.74, 6) is 2.05. The first-order chi connectivity index (χ1) is 16.5. The Morgan fingerprint density at radius 1 is 1.21 bits per heavy atom. The van der Waals surface area contributed by atoms with Crippen molar-refractivity contribution in [3.8, 4) is 23.3 Å². The summed E-state index contributed by atoms with van der Waals surface area (Å²) < 4.78 is 17.7. The van der Waals surface area contributed by atoms with Gasteiger partial charge in [0.05, 0.1) is 18.1 Å². The highest BCUT2D eigenvalue weighted by atomic mass is 16.5. The molecule has 0 unspecified atom stereocenters. The Kier molecular flexibility index (Phi) is 6.57. The summed E-state index contributed by atoms with van der Waals surface area (Å²) in [4.78, 5) is 24.5. The number of ether oxygens (including phenoxy) is 2. The molecular weight excluding hydrogens is 436 g/mol. The molecule has 2 aliphatic carbocycles. The smallest absolute Gasteiger partial charge is 0.221 e. The molecule has 3 heterocycles. The molecule has 1 aliphatic heterocycles. The van der Waals surface area contributed by atoms with Crippen LogP contribution in [0, 0.1) is 0 Å². The van der Waals surface area contributed by atoms with Crippen LogP contribution in [0.5, 0.6) is 11.8 Å². The van der Waals surface area contributed by atoms with Crippen LogP contribution in [0.15, 0.2) is 10.6 Å². The zero-order valence-electron chi connectivity index (χ0n) is 20.1. The molecule has 5 rings (SSSR count). The zero-order chi connectivity index (χ0) is 23.7. The van der Waals surface area contributed by atoms with Gasteiger partial charge in [-0.05, 0) is 65.5 Å². The van der Waals surface area contributed by atoms with Crippen LogP contribution in [0.4, 0.5) is 0 Å². The van der Waals surface area contributed by atoms with E-state index < -0.39 is 5.41 Å². The number of carbonyl (C=O) groups excluding carboxylic acids is 1. The summed E-state index contributed by atoms with van der Waals surface area (Å²) in [5.41, 5.74) is 0.927. The fourth-order valence-electron chi connectivity index (χ4n) is 5.96. The van der Waals surface area contributed by atoms with Gasteiger partial charge in [-0.3, -0.25) is 9.69 Å². The van der Waals surface area contributed by atoms with Crippen molar-refractivity contribution in [2.24, 2.45) is 0 Å². The largest absolute Gasteiger partial charge is 0.475 e. The molecule has 1 N–H and O–H groups in total. The molecule has 1 spiro atoms. The maximum absolute atomic E-state index is 13.0. The molecule has 2 aromatic heterocycles. The number of rotatable bonds is 7. The number of fused-ring (bicyclic) bond motifs is 2. The lowest BCUT2D eigenvalue weighted by Crippen LogP contribution is -2.41. The number of hydrogen-bond acceptors (Lipinski definition) is 9. The van der Waals surface area contributed by atoms with E-state index in [1.54, 1.807) is 6.07 Å². The monoisotopic (exact) mass is 470 g/mol. The van der Waals surface area contributed by atoms with Gasteiger partial charge in [-0.25, -0.2) is 0 Å². The highest BCUT2D eigenvalue weighted by Gasteiger charge is 2.48. The zero-order valence-corrected chi connectivity index (χ0v) is 20.1. The molecule has 0 bridgehead atoms. The summed E-state index contributed by atoms with van der Waals surface area (Å²) in [6.07, 6.45) is 8.04. The third-order valence-electron chi connectivity index (χ3n) is 7.70. The van der Waals surface area contributed by atoms with Crippen LogP contribution in [-0.2, 0) is 16.6 Å². The molecule has 1 saturated carbocycles. The predicted octanol–water partition coefficient (Wildman–Crippen LogP) is 3.08. The Bertz CT molecular complexity index is 1040. The SMILES string of the molecule is C[C@H](Oc1cc(OCCO)nc(-c2noc3c2CCC[C@@]32CCCCC2=O)n1)[C@@H]1CCCN1C. The number of aliphatic hydroxyl groups excluding tert-OH is 1. The Hall–Kier alpha value is -2.52. The van der Waals surface area contributed by atoms with E-state index in [0.717, 1.165) is 63.5 Å². The van der Waals surface area contributed by atoms with Crippen LogP contribution in [0.1, 0.15) is 69.6 Å². The van der Waals surface area contributed by atoms with E-state index in [1.165, 1.54) is 0 Å². The van der Waals surface area contributed by atoms with Crippen molar-refractivity contribution in [2.75, 3.05) is 26.8 Å². The van der Waals surface area contributed by atoms with Gasteiger partial charge >= 0.3 is 0 Å². The van der Waals surface area contributed by atoms with Crippen molar-refractivity contribution in [3.05, 3.63) is 17.4 Å². The average molecular weight is 471 g/mol. The summed E-state index contributed by atoms with van der Waals surface area (Å²) in [7, 11) is 2.11. The molecule has 0 aromatic carbocycles. The van der Waals surface area contributed by atoms with Crippen LogP contribution in [0.25, 0.3) is 11.5 Å². The Morgan fingerprint density at radius 3 is 2.79 bits per heavy atom. The molecule has 0 amide bonds. The topological polar surface area (TPSA) is 111 Å². The van der Waals surface area contributed by atoms with Crippen molar-refractivity contribution < 1.29 is 23.9 Å². The highest BCUT2D eigenvalue weighted by molar-refractivity contribution is 5.91. The second-order valence-electron chi connectivity index (χ2n) is 9.86. The summed E-state index contributed by atoms with van der Waals surface area (Å²) >= 11 is 0. The third-order valence-corrected chi connectivity index (χ3v) is 7.70. The highest BCUT2D eigenvalue weighted by Crippen LogP contribution is 2.47. The number of ketones is 1. The van der Waals surface area contributed by atoms with Gasteiger partial charge in [0.15, 0.2) is 17.3 Å². The third kappa shape index (κ3) is 4.20. The average Bonchev–Trinajstić information content (AvgIpc) is 3.46. The van der Waals surface area contributed by atoms with Crippen LogP contribution in [0.2, 0.25) is 0 Å². The first-order valence-corrected chi connectivity index (χ1v) is 12.5. The van der Waals surface area contributed by atoms with Gasteiger partial charge < -0.3 is 19.1 Å². The van der Waals surface area contributed by atoms with Crippen molar-refractivity contribution in [2.45, 2.75) is 82.3 Å². The van der Waals surface area contributed by atoms with Gasteiger partial charge in [0.2, 0.25) is 11.8 Å². The maximum atomic E-state index is 13.0. The van der Waals surface area contributed by atoms with Gasteiger partial charge in [-0.2, -0.15) is 9.97 Å². The van der Waals surface area contributed by atoms with E-state index in [-0.39, 0.29) is 25.1 Å². The molecule has 2 aromatic rings.